The molecule has 14 rings (SSSR count). The van der Waals surface area contributed by atoms with Gasteiger partial charge in [-0.1, -0.05) is 182 Å². The molecule has 63 heavy (non-hydrogen) atoms. The summed E-state index contributed by atoms with van der Waals surface area (Å²) in [6.45, 7) is 0. The maximum Gasteiger partial charge on any atom is 0.164 e. The number of benzene rings is 9. The average Bonchev–Trinajstić information content (AvgIpc) is 4.01. The predicted octanol–water partition coefficient (Wildman–Crippen LogP) is 14.7. The molecule has 9 aromatic carbocycles. The summed E-state index contributed by atoms with van der Waals surface area (Å²) in [5, 5.41) is 5.10. The molecule has 3 aromatic heterocycles. The number of aromatic nitrogens is 4. The van der Waals surface area contributed by atoms with E-state index < -0.39 is 5.41 Å². The summed E-state index contributed by atoms with van der Waals surface area (Å²) in [6.07, 6.45) is 0. The highest BCUT2D eigenvalue weighted by molar-refractivity contribution is 7.26. The number of fused-ring (bicyclic) bond motifs is 15. The van der Waals surface area contributed by atoms with Gasteiger partial charge in [0.05, 0.1) is 22.1 Å². The zero-order valence-electron chi connectivity index (χ0n) is 33.8. The Morgan fingerprint density at radius 2 is 0.984 bits per heavy atom. The van der Waals surface area contributed by atoms with Crippen LogP contribution in [0.1, 0.15) is 22.3 Å². The molecule has 4 nitrogen and oxygen atoms in total. The van der Waals surface area contributed by atoms with E-state index in [1.165, 1.54) is 86.6 Å². The van der Waals surface area contributed by atoms with Gasteiger partial charge in [-0.15, -0.1) is 11.3 Å². The Bertz CT molecular complexity index is 3810. The topological polar surface area (TPSA) is 43.6 Å². The van der Waals surface area contributed by atoms with E-state index in [1.54, 1.807) is 0 Å². The van der Waals surface area contributed by atoms with Crippen LogP contribution < -0.4 is 0 Å². The summed E-state index contributed by atoms with van der Waals surface area (Å²) < 4.78 is 5.10. The summed E-state index contributed by atoms with van der Waals surface area (Å²) in [5.41, 5.74) is 15.7. The molecule has 1 aliphatic heterocycles. The number of rotatable bonds is 4. The van der Waals surface area contributed by atoms with Crippen molar-refractivity contribution >= 4 is 53.3 Å². The van der Waals surface area contributed by atoms with E-state index in [0.717, 1.165) is 22.3 Å². The molecular weight excluding hydrogens is 785 g/mol. The van der Waals surface area contributed by atoms with Gasteiger partial charge in [0.2, 0.25) is 0 Å². The van der Waals surface area contributed by atoms with Crippen molar-refractivity contribution < 1.29 is 0 Å². The molecule has 0 bridgehead atoms. The highest BCUT2D eigenvalue weighted by Crippen LogP contribution is 2.63. The minimum atomic E-state index is -0.638. The molecule has 2 aliphatic rings. The molecule has 5 heteroatoms. The van der Waals surface area contributed by atoms with Crippen molar-refractivity contribution in [1.29, 1.82) is 0 Å². The standard InChI is InChI=1S/C58H34N4S/c1-3-16-35(17-4-1)55-59-56(36-18-5-2-6-19-36)61-57(60-55)43-25-15-27-47-52(43)44-34-37(38-22-13-24-42-40-21-8-12-31-51(40)63-54(38)42)32-33-45(44)58(47)46-26-9-11-30-50(46)62-49-29-10-7-20-39(49)41-23-14-28-48(58)53(41)62/h1-34H. The lowest BCUT2D eigenvalue weighted by Gasteiger charge is -2.39. The normalized spacial score (nSPS) is 14.7. The number of nitrogens with zero attached hydrogens (tertiary/aromatic N) is 4. The molecule has 0 saturated heterocycles. The van der Waals surface area contributed by atoms with Crippen LogP contribution in [-0.4, -0.2) is 19.5 Å². The Balaban J connectivity index is 1.12. The number of para-hydroxylation sites is 3. The van der Waals surface area contributed by atoms with Crippen LogP contribution in [0.15, 0.2) is 206 Å². The quantitative estimate of drug-likeness (QED) is 0.178. The maximum atomic E-state index is 5.35. The number of thiophene rings is 1. The Labute approximate surface area is 367 Å². The Kier molecular flexibility index (Phi) is 7.16. The van der Waals surface area contributed by atoms with Crippen molar-refractivity contribution in [2.75, 3.05) is 0 Å². The lowest BCUT2D eigenvalue weighted by Crippen LogP contribution is -2.33. The van der Waals surface area contributed by atoms with Crippen molar-refractivity contribution in [1.82, 2.24) is 19.5 Å². The zero-order chi connectivity index (χ0) is 41.2. The molecule has 1 spiro atoms. The summed E-state index contributed by atoms with van der Waals surface area (Å²) in [7, 11) is 0. The molecular formula is C58H34N4S. The molecule has 12 aromatic rings. The van der Waals surface area contributed by atoms with Crippen LogP contribution in [0.3, 0.4) is 0 Å². The molecule has 1 unspecified atom stereocenters. The van der Waals surface area contributed by atoms with Crippen LogP contribution in [0.4, 0.5) is 0 Å². The van der Waals surface area contributed by atoms with Gasteiger partial charge in [0.15, 0.2) is 17.5 Å². The first kappa shape index (κ1) is 34.7. The monoisotopic (exact) mass is 818 g/mol. The minimum absolute atomic E-state index is 0.638. The maximum absolute atomic E-state index is 5.35. The van der Waals surface area contributed by atoms with Gasteiger partial charge in [-0.2, -0.15) is 0 Å². The fourth-order valence-corrected chi connectivity index (χ4v) is 12.2. The van der Waals surface area contributed by atoms with Gasteiger partial charge >= 0.3 is 0 Å². The van der Waals surface area contributed by atoms with Crippen molar-refractivity contribution in [2.45, 2.75) is 5.41 Å². The van der Waals surface area contributed by atoms with Crippen molar-refractivity contribution in [2.24, 2.45) is 0 Å². The number of hydrogen-bond donors (Lipinski definition) is 0. The second kappa shape index (κ2) is 13.0. The lowest BCUT2D eigenvalue weighted by atomic mass is 9.65. The van der Waals surface area contributed by atoms with E-state index in [9.17, 15) is 0 Å². The van der Waals surface area contributed by atoms with E-state index in [-0.39, 0.29) is 0 Å². The summed E-state index contributed by atoms with van der Waals surface area (Å²) in [5.74, 6) is 1.94. The average molecular weight is 819 g/mol. The van der Waals surface area contributed by atoms with Gasteiger partial charge in [-0.25, -0.2) is 15.0 Å². The largest absolute Gasteiger partial charge is 0.309 e. The number of hydrogen-bond acceptors (Lipinski definition) is 4. The molecule has 0 fully saturated rings. The smallest absolute Gasteiger partial charge is 0.164 e. The Morgan fingerprint density at radius 1 is 0.381 bits per heavy atom. The van der Waals surface area contributed by atoms with E-state index in [1.807, 2.05) is 47.7 Å². The van der Waals surface area contributed by atoms with E-state index >= 15 is 0 Å². The molecule has 0 N–H and O–H groups in total. The summed E-state index contributed by atoms with van der Waals surface area (Å²) in [6, 6.07) is 74.9. The van der Waals surface area contributed by atoms with E-state index in [2.05, 4.69) is 174 Å². The van der Waals surface area contributed by atoms with Gasteiger partial charge in [-0.3, -0.25) is 0 Å². The van der Waals surface area contributed by atoms with Crippen LogP contribution in [-0.2, 0) is 5.41 Å². The summed E-state index contributed by atoms with van der Waals surface area (Å²) in [4.78, 5) is 15.8. The molecule has 292 valence electrons. The molecule has 0 radical (unpaired) electrons. The van der Waals surface area contributed by atoms with Crippen molar-refractivity contribution in [3.8, 4) is 62.1 Å². The molecule has 0 saturated carbocycles. The SMILES string of the molecule is c1ccc(-c2nc(-c3ccccc3)nc(-c3cccc4c3-c3cc(-c5cccc6c5sc5ccccc56)ccc3C43c4ccccc4-n4c5ccccc5c5cccc3c54)n2)cc1. The second-order valence-corrected chi connectivity index (χ2v) is 17.7. The van der Waals surface area contributed by atoms with Gasteiger partial charge < -0.3 is 4.57 Å². The molecule has 1 aliphatic carbocycles. The van der Waals surface area contributed by atoms with Crippen molar-refractivity contribution in [3.05, 3.63) is 229 Å². The van der Waals surface area contributed by atoms with E-state index in [0.29, 0.717) is 17.5 Å². The highest BCUT2D eigenvalue weighted by Gasteiger charge is 2.51. The second-order valence-electron chi connectivity index (χ2n) is 16.6. The fraction of sp³-hybridized carbons (Fsp3) is 0.0172. The van der Waals surface area contributed by atoms with Crippen LogP contribution in [0, 0.1) is 0 Å². The minimum Gasteiger partial charge on any atom is -0.309 e. The van der Waals surface area contributed by atoms with Crippen LogP contribution in [0.25, 0.3) is 104 Å². The lowest BCUT2D eigenvalue weighted by molar-refractivity contribution is 0.748. The van der Waals surface area contributed by atoms with Gasteiger partial charge in [0.25, 0.3) is 0 Å². The zero-order valence-corrected chi connectivity index (χ0v) is 34.6. The van der Waals surface area contributed by atoms with Gasteiger partial charge in [-0.05, 0) is 68.8 Å². The Morgan fingerprint density at radius 3 is 1.81 bits per heavy atom. The van der Waals surface area contributed by atoms with Crippen LogP contribution in [0.2, 0.25) is 0 Å². The van der Waals surface area contributed by atoms with Crippen molar-refractivity contribution in [3.63, 3.8) is 0 Å². The summed E-state index contributed by atoms with van der Waals surface area (Å²) >= 11 is 1.87. The highest BCUT2D eigenvalue weighted by atomic mass is 32.1. The van der Waals surface area contributed by atoms with Gasteiger partial charge in [0, 0.05) is 47.6 Å². The van der Waals surface area contributed by atoms with Crippen LogP contribution in [0.5, 0.6) is 0 Å². The third-order valence-corrected chi connectivity index (χ3v) is 14.7. The van der Waals surface area contributed by atoms with Gasteiger partial charge in [0.1, 0.15) is 0 Å². The van der Waals surface area contributed by atoms with E-state index in [4.69, 9.17) is 15.0 Å². The van der Waals surface area contributed by atoms with Crippen LogP contribution >= 0.6 is 11.3 Å². The third-order valence-electron chi connectivity index (χ3n) is 13.5. The first-order valence-electron chi connectivity index (χ1n) is 21.4. The Hall–Kier alpha value is -7.99. The molecule has 1 atom stereocenters. The predicted molar refractivity (Wildman–Crippen MR) is 260 cm³/mol. The first-order valence-corrected chi connectivity index (χ1v) is 22.3. The fourth-order valence-electron chi connectivity index (χ4n) is 10.9. The molecule has 4 heterocycles. The third kappa shape index (κ3) is 4.72. The molecule has 0 amide bonds. The first-order chi connectivity index (χ1) is 31.3.